The zero-order chi connectivity index (χ0) is 15.5. The molecule has 5 heteroatoms. The first-order valence-electron chi connectivity index (χ1n) is 8.04. The zero-order valence-corrected chi connectivity index (χ0v) is 13.7. The standard InChI is InChI=1S/C17H25N5/c1-13-16(12-21(3)15-7-10-18-11-8-15)14(2)22(20-13)17-6-4-5-9-19-17/h4-6,9,15,18H,7-8,10-12H2,1-3H3. The molecule has 2 aromatic rings. The molecule has 0 unspecified atom stereocenters. The molecule has 0 atom stereocenters. The Labute approximate surface area is 132 Å². The van der Waals surface area contributed by atoms with Crippen LogP contribution in [0.1, 0.15) is 29.8 Å². The van der Waals surface area contributed by atoms with Crippen molar-refractivity contribution in [1.82, 2.24) is 25.0 Å². The molecule has 3 rings (SSSR count). The average molecular weight is 299 g/mol. The Morgan fingerprint density at radius 1 is 1.27 bits per heavy atom. The lowest BCUT2D eigenvalue weighted by atomic mass is 10.0. The molecule has 118 valence electrons. The van der Waals surface area contributed by atoms with E-state index in [2.05, 4.69) is 36.1 Å². The van der Waals surface area contributed by atoms with E-state index in [4.69, 9.17) is 5.10 Å². The Kier molecular flexibility index (Phi) is 4.55. The van der Waals surface area contributed by atoms with Gasteiger partial charge in [0.1, 0.15) is 0 Å². The van der Waals surface area contributed by atoms with Gasteiger partial charge in [-0.2, -0.15) is 5.10 Å². The molecule has 2 aromatic heterocycles. The second-order valence-corrected chi connectivity index (χ2v) is 6.15. The fraction of sp³-hybridized carbons (Fsp3) is 0.529. The van der Waals surface area contributed by atoms with Gasteiger partial charge in [0.15, 0.2) is 5.82 Å². The molecule has 0 radical (unpaired) electrons. The number of hydrogen-bond acceptors (Lipinski definition) is 4. The highest BCUT2D eigenvalue weighted by atomic mass is 15.3. The molecule has 0 aromatic carbocycles. The van der Waals surface area contributed by atoms with Crippen molar-refractivity contribution in [3.8, 4) is 5.82 Å². The summed E-state index contributed by atoms with van der Waals surface area (Å²) in [4.78, 5) is 6.88. The van der Waals surface area contributed by atoms with Gasteiger partial charge >= 0.3 is 0 Å². The van der Waals surface area contributed by atoms with Crippen molar-refractivity contribution in [2.45, 2.75) is 39.3 Å². The van der Waals surface area contributed by atoms with Crippen LogP contribution >= 0.6 is 0 Å². The molecule has 0 aliphatic carbocycles. The van der Waals surface area contributed by atoms with Gasteiger partial charge < -0.3 is 5.32 Å². The van der Waals surface area contributed by atoms with Gasteiger partial charge in [0.25, 0.3) is 0 Å². The van der Waals surface area contributed by atoms with E-state index in [-0.39, 0.29) is 0 Å². The lowest BCUT2D eigenvalue weighted by Crippen LogP contribution is -2.40. The number of nitrogens with zero attached hydrogens (tertiary/aromatic N) is 4. The summed E-state index contributed by atoms with van der Waals surface area (Å²) in [7, 11) is 2.23. The quantitative estimate of drug-likeness (QED) is 0.939. The number of nitrogens with one attached hydrogen (secondary N) is 1. The van der Waals surface area contributed by atoms with Crippen molar-refractivity contribution in [3.05, 3.63) is 41.3 Å². The molecular weight excluding hydrogens is 274 g/mol. The Hall–Kier alpha value is -1.72. The minimum Gasteiger partial charge on any atom is -0.317 e. The Morgan fingerprint density at radius 2 is 2.05 bits per heavy atom. The van der Waals surface area contributed by atoms with Crippen LogP contribution in [0.25, 0.3) is 5.82 Å². The van der Waals surface area contributed by atoms with E-state index < -0.39 is 0 Å². The van der Waals surface area contributed by atoms with E-state index in [0.29, 0.717) is 6.04 Å². The van der Waals surface area contributed by atoms with Crippen molar-refractivity contribution in [3.63, 3.8) is 0 Å². The predicted octanol–water partition coefficient (Wildman–Crippen LogP) is 2.07. The van der Waals surface area contributed by atoms with E-state index in [0.717, 1.165) is 31.1 Å². The highest BCUT2D eigenvalue weighted by molar-refractivity contribution is 5.32. The van der Waals surface area contributed by atoms with Crippen molar-refractivity contribution >= 4 is 0 Å². The molecule has 0 saturated carbocycles. The van der Waals surface area contributed by atoms with E-state index >= 15 is 0 Å². The van der Waals surface area contributed by atoms with Crippen LogP contribution < -0.4 is 5.32 Å². The second kappa shape index (κ2) is 6.58. The Bertz CT molecular complexity index is 613. The van der Waals surface area contributed by atoms with Crippen molar-refractivity contribution in [1.29, 1.82) is 0 Å². The maximum Gasteiger partial charge on any atom is 0.153 e. The first kappa shape index (κ1) is 15.2. The van der Waals surface area contributed by atoms with E-state index in [1.165, 1.54) is 24.1 Å². The molecule has 1 aliphatic heterocycles. The van der Waals surface area contributed by atoms with Gasteiger partial charge in [-0.1, -0.05) is 6.07 Å². The minimum absolute atomic E-state index is 0.665. The first-order valence-corrected chi connectivity index (χ1v) is 8.04. The Balaban J connectivity index is 1.81. The number of aromatic nitrogens is 3. The average Bonchev–Trinajstić information content (AvgIpc) is 2.84. The van der Waals surface area contributed by atoms with Crippen LogP contribution in [0.3, 0.4) is 0 Å². The lowest BCUT2D eigenvalue weighted by molar-refractivity contribution is 0.191. The summed E-state index contributed by atoms with van der Waals surface area (Å²) in [6, 6.07) is 6.60. The largest absolute Gasteiger partial charge is 0.317 e. The third kappa shape index (κ3) is 3.05. The van der Waals surface area contributed by atoms with Crippen LogP contribution in [0.2, 0.25) is 0 Å². The molecular formula is C17H25N5. The Morgan fingerprint density at radius 3 is 2.73 bits per heavy atom. The molecule has 1 aliphatic rings. The van der Waals surface area contributed by atoms with Gasteiger partial charge in [0.2, 0.25) is 0 Å². The van der Waals surface area contributed by atoms with Crippen LogP contribution in [0.4, 0.5) is 0 Å². The van der Waals surface area contributed by atoms with E-state index in [1.54, 1.807) is 0 Å². The van der Waals surface area contributed by atoms with Gasteiger partial charge in [0, 0.05) is 30.0 Å². The summed E-state index contributed by atoms with van der Waals surface area (Å²) in [5.74, 6) is 0.888. The van der Waals surface area contributed by atoms with E-state index in [1.807, 2.05) is 29.1 Å². The highest BCUT2D eigenvalue weighted by Crippen LogP contribution is 2.20. The van der Waals surface area contributed by atoms with Gasteiger partial charge in [0.05, 0.1) is 5.69 Å². The molecule has 1 fully saturated rings. The smallest absolute Gasteiger partial charge is 0.153 e. The van der Waals surface area contributed by atoms with Crippen LogP contribution in [0.5, 0.6) is 0 Å². The predicted molar refractivity (Wildman–Crippen MR) is 88.2 cm³/mol. The third-order valence-corrected chi connectivity index (χ3v) is 4.65. The summed E-state index contributed by atoms with van der Waals surface area (Å²) in [5.41, 5.74) is 3.62. The monoisotopic (exact) mass is 299 g/mol. The summed E-state index contributed by atoms with van der Waals surface area (Å²) >= 11 is 0. The van der Waals surface area contributed by atoms with Crippen molar-refractivity contribution in [2.24, 2.45) is 0 Å². The third-order valence-electron chi connectivity index (χ3n) is 4.65. The first-order chi connectivity index (χ1) is 10.7. The molecule has 1 N–H and O–H groups in total. The van der Waals surface area contributed by atoms with Crippen LogP contribution in [-0.4, -0.2) is 45.8 Å². The molecule has 0 bridgehead atoms. The SMILES string of the molecule is Cc1nn(-c2ccccn2)c(C)c1CN(C)C1CCNCC1. The summed E-state index contributed by atoms with van der Waals surface area (Å²) < 4.78 is 1.96. The number of rotatable bonds is 4. The van der Waals surface area contributed by atoms with Crippen LogP contribution in [-0.2, 0) is 6.54 Å². The normalized spacial score (nSPS) is 16.4. The topological polar surface area (TPSA) is 46.0 Å². The molecule has 0 amide bonds. The lowest BCUT2D eigenvalue weighted by Gasteiger charge is -2.31. The highest BCUT2D eigenvalue weighted by Gasteiger charge is 2.21. The summed E-state index contributed by atoms with van der Waals surface area (Å²) in [6.07, 6.45) is 4.26. The van der Waals surface area contributed by atoms with Gasteiger partial charge in [-0.3, -0.25) is 4.90 Å². The van der Waals surface area contributed by atoms with E-state index in [9.17, 15) is 0 Å². The van der Waals surface area contributed by atoms with Crippen LogP contribution in [0.15, 0.2) is 24.4 Å². The zero-order valence-electron chi connectivity index (χ0n) is 13.7. The molecule has 3 heterocycles. The number of hydrogen-bond donors (Lipinski definition) is 1. The fourth-order valence-corrected chi connectivity index (χ4v) is 3.23. The maximum atomic E-state index is 4.69. The number of piperidine rings is 1. The van der Waals surface area contributed by atoms with Crippen molar-refractivity contribution in [2.75, 3.05) is 20.1 Å². The molecule has 22 heavy (non-hydrogen) atoms. The summed E-state index contributed by atoms with van der Waals surface area (Å²) in [6.45, 7) is 7.44. The second-order valence-electron chi connectivity index (χ2n) is 6.15. The summed E-state index contributed by atoms with van der Waals surface area (Å²) in [5, 5.41) is 8.12. The molecule has 1 saturated heterocycles. The van der Waals surface area contributed by atoms with Crippen molar-refractivity contribution < 1.29 is 0 Å². The molecule has 5 nitrogen and oxygen atoms in total. The number of aryl methyl sites for hydroxylation is 1. The maximum absolute atomic E-state index is 4.69. The molecule has 0 spiro atoms. The van der Waals surface area contributed by atoms with Gasteiger partial charge in [-0.05, 0) is 59.0 Å². The minimum atomic E-state index is 0.665. The van der Waals surface area contributed by atoms with Gasteiger partial charge in [-0.15, -0.1) is 0 Å². The fourth-order valence-electron chi connectivity index (χ4n) is 3.23. The van der Waals surface area contributed by atoms with Gasteiger partial charge in [-0.25, -0.2) is 9.67 Å². The number of pyridine rings is 1. The van der Waals surface area contributed by atoms with Crippen LogP contribution in [0, 0.1) is 13.8 Å².